The van der Waals surface area contributed by atoms with Crippen LogP contribution >= 0.6 is 11.6 Å². The highest BCUT2D eigenvalue weighted by atomic mass is 35.5. The summed E-state index contributed by atoms with van der Waals surface area (Å²) in [7, 11) is 1.82. The fourth-order valence-corrected chi connectivity index (χ4v) is 2.46. The lowest BCUT2D eigenvalue weighted by molar-refractivity contribution is -0.130. The monoisotopic (exact) mass is 293 g/mol. The van der Waals surface area contributed by atoms with Crippen molar-refractivity contribution >= 4 is 28.5 Å². The molecule has 108 valence electrons. The molecule has 4 nitrogen and oxygen atoms in total. The minimum absolute atomic E-state index is 0.0888. The summed E-state index contributed by atoms with van der Waals surface area (Å²) in [6.07, 6.45) is 0.665. The van der Waals surface area contributed by atoms with Crippen LogP contribution in [0, 0.1) is 6.92 Å². The van der Waals surface area contributed by atoms with Crippen LogP contribution in [0.4, 0.5) is 0 Å². The van der Waals surface area contributed by atoms with Crippen LogP contribution in [0.5, 0.6) is 0 Å². The molecule has 0 radical (unpaired) electrons. The lowest BCUT2D eigenvalue weighted by atomic mass is 10.2. The van der Waals surface area contributed by atoms with E-state index in [1.54, 1.807) is 4.90 Å². The van der Waals surface area contributed by atoms with Gasteiger partial charge in [-0.05, 0) is 25.5 Å². The molecule has 0 aliphatic heterocycles. The summed E-state index contributed by atoms with van der Waals surface area (Å²) < 4.78 is 2.00. The van der Waals surface area contributed by atoms with E-state index in [1.807, 2.05) is 43.7 Å². The minimum Gasteiger partial charge on any atom is -0.344 e. The number of benzene rings is 1. The molecular formula is C15H20ClN3O. The van der Waals surface area contributed by atoms with Crippen molar-refractivity contribution in [3.05, 3.63) is 29.6 Å². The van der Waals surface area contributed by atoms with Crippen molar-refractivity contribution in [1.29, 1.82) is 0 Å². The average Bonchev–Trinajstić information content (AvgIpc) is 2.77. The Balaban J connectivity index is 2.48. The smallest absolute Gasteiger partial charge is 0.242 e. The maximum Gasteiger partial charge on any atom is 0.242 e. The number of aryl methyl sites for hydroxylation is 2. The molecule has 1 aromatic heterocycles. The normalized spacial score (nSPS) is 11.0. The Hall–Kier alpha value is -1.55. The van der Waals surface area contributed by atoms with Gasteiger partial charge in [-0.2, -0.15) is 0 Å². The maximum atomic E-state index is 12.2. The lowest BCUT2D eigenvalue weighted by Crippen LogP contribution is -2.30. The predicted molar refractivity (Wildman–Crippen MR) is 82.2 cm³/mol. The number of imidazole rings is 1. The number of aromatic nitrogens is 2. The summed E-state index contributed by atoms with van der Waals surface area (Å²) in [5, 5.41) is 0. The van der Waals surface area contributed by atoms with E-state index < -0.39 is 0 Å². The third kappa shape index (κ3) is 2.80. The summed E-state index contributed by atoms with van der Waals surface area (Å²) in [5.74, 6) is 1.47. The molecule has 20 heavy (non-hydrogen) atoms. The summed E-state index contributed by atoms with van der Waals surface area (Å²) in [6.45, 7) is 5.03. The molecular weight excluding hydrogens is 274 g/mol. The second-order valence-electron chi connectivity index (χ2n) is 4.90. The maximum absolute atomic E-state index is 12.2. The number of alkyl halides is 1. The summed E-state index contributed by atoms with van der Waals surface area (Å²) in [4.78, 5) is 18.5. The first-order valence-corrected chi connectivity index (χ1v) is 7.36. The van der Waals surface area contributed by atoms with E-state index in [0.717, 1.165) is 22.4 Å². The lowest BCUT2D eigenvalue weighted by Gasteiger charge is -2.16. The Kier molecular flexibility index (Phi) is 4.65. The third-order valence-electron chi connectivity index (χ3n) is 3.56. The van der Waals surface area contributed by atoms with Crippen LogP contribution in [0.3, 0.4) is 0 Å². The standard InChI is InChI=1S/C15H20ClN3O/c1-4-18(3)14(20)10-19-13(8-9-16)17-12-7-5-6-11(2)15(12)19/h5-7H,4,8-10H2,1-3H3. The summed E-state index contributed by atoms with van der Waals surface area (Å²) >= 11 is 5.85. The third-order valence-corrected chi connectivity index (χ3v) is 3.75. The van der Waals surface area contributed by atoms with Gasteiger partial charge in [0.15, 0.2) is 0 Å². The van der Waals surface area contributed by atoms with Gasteiger partial charge in [-0.3, -0.25) is 4.79 Å². The zero-order chi connectivity index (χ0) is 14.7. The van der Waals surface area contributed by atoms with Gasteiger partial charge >= 0.3 is 0 Å². The Morgan fingerprint density at radius 1 is 1.45 bits per heavy atom. The SMILES string of the molecule is CCN(C)C(=O)Cn1c(CCCl)nc2cccc(C)c21. The minimum atomic E-state index is 0.0888. The zero-order valence-electron chi connectivity index (χ0n) is 12.2. The number of amides is 1. The van der Waals surface area contributed by atoms with E-state index in [1.165, 1.54) is 0 Å². The Bertz CT molecular complexity index is 621. The van der Waals surface area contributed by atoms with Gasteiger partial charge in [-0.1, -0.05) is 12.1 Å². The molecule has 0 unspecified atom stereocenters. The number of rotatable bonds is 5. The molecule has 1 aromatic carbocycles. The zero-order valence-corrected chi connectivity index (χ0v) is 12.9. The van der Waals surface area contributed by atoms with E-state index >= 15 is 0 Å². The Morgan fingerprint density at radius 3 is 2.85 bits per heavy atom. The van der Waals surface area contributed by atoms with Crippen LogP contribution < -0.4 is 0 Å². The molecule has 0 atom stereocenters. The van der Waals surface area contributed by atoms with Crippen LogP contribution in [-0.2, 0) is 17.8 Å². The van der Waals surface area contributed by atoms with E-state index in [9.17, 15) is 4.79 Å². The van der Waals surface area contributed by atoms with E-state index in [4.69, 9.17) is 11.6 Å². The van der Waals surface area contributed by atoms with E-state index in [0.29, 0.717) is 25.4 Å². The Morgan fingerprint density at radius 2 is 2.20 bits per heavy atom. The predicted octanol–water partition coefficient (Wildman–Crippen LogP) is 2.60. The number of likely N-dealkylation sites (N-methyl/N-ethyl adjacent to an activating group) is 1. The van der Waals surface area contributed by atoms with Crippen molar-refractivity contribution in [2.24, 2.45) is 0 Å². The molecule has 1 amide bonds. The molecule has 0 aliphatic rings. The van der Waals surface area contributed by atoms with Crippen LogP contribution in [-0.4, -0.2) is 39.8 Å². The molecule has 5 heteroatoms. The number of halogens is 1. The molecule has 0 bridgehead atoms. The highest BCUT2D eigenvalue weighted by Gasteiger charge is 2.16. The number of carbonyl (C=O) groups is 1. The van der Waals surface area contributed by atoms with Crippen molar-refractivity contribution in [2.45, 2.75) is 26.8 Å². The first-order chi connectivity index (χ1) is 9.58. The van der Waals surface area contributed by atoms with Gasteiger partial charge in [0.05, 0.1) is 11.0 Å². The second kappa shape index (κ2) is 6.27. The highest BCUT2D eigenvalue weighted by Crippen LogP contribution is 2.21. The quantitative estimate of drug-likeness (QED) is 0.795. The number of hydrogen-bond acceptors (Lipinski definition) is 2. The van der Waals surface area contributed by atoms with Gasteiger partial charge in [0.1, 0.15) is 12.4 Å². The number of para-hydroxylation sites is 1. The van der Waals surface area contributed by atoms with Gasteiger partial charge < -0.3 is 9.47 Å². The number of nitrogens with zero attached hydrogens (tertiary/aromatic N) is 3. The molecule has 0 saturated heterocycles. The van der Waals surface area contributed by atoms with Crippen molar-refractivity contribution in [2.75, 3.05) is 19.5 Å². The molecule has 0 aliphatic carbocycles. The largest absolute Gasteiger partial charge is 0.344 e. The number of carbonyl (C=O) groups excluding carboxylic acids is 1. The molecule has 0 fully saturated rings. The van der Waals surface area contributed by atoms with Crippen LogP contribution in [0.25, 0.3) is 11.0 Å². The van der Waals surface area contributed by atoms with E-state index in [-0.39, 0.29) is 5.91 Å². The van der Waals surface area contributed by atoms with Gasteiger partial charge in [0.2, 0.25) is 5.91 Å². The molecule has 0 N–H and O–H groups in total. The van der Waals surface area contributed by atoms with Gasteiger partial charge in [0.25, 0.3) is 0 Å². The number of hydrogen-bond donors (Lipinski definition) is 0. The van der Waals surface area contributed by atoms with Crippen LogP contribution in [0.2, 0.25) is 0 Å². The van der Waals surface area contributed by atoms with Gasteiger partial charge in [-0.25, -0.2) is 4.98 Å². The molecule has 2 rings (SSSR count). The van der Waals surface area contributed by atoms with Gasteiger partial charge in [0, 0.05) is 25.9 Å². The van der Waals surface area contributed by atoms with Crippen molar-refractivity contribution in [3.8, 4) is 0 Å². The van der Waals surface area contributed by atoms with Crippen molar-refractivity contribution in [3.63, 3.8) is 0 Å². The molecule has 0 saturated carbocycles. The van der Waals surface area contributed by atoms with Gasteiger partial charge in [-0.15, -0.1) is 11.6 Å². The topological polar surface area (TPSA) is 38.1 Å². The van der Waals surface area contributed by atoms with Crippen LogP contribution in [0.1, 0.15) is 18.3 Å². The van der Waals surface area contributed by atoms with Crippen molar-refractivity contribution < 1.29 is 4.79 Å². The van der Waals surface area contributed by atoms with E-state index in [2.05, 4.69) is 4.98 Å². The van der Waals surface area contributed by atoms with Crippen molar-refractivity contribution in [1.82, 2.24) is 14.5 Å². The van der Waals surface area contributed by atoms with Crippen LogP contribution in [0.15, 0.2) is 18.2 Å². The molecule has 2 aromatic rings. The first-order valence-electron chi connectivity index (χ1n) is 6.83. The Labute approximate surface area is 124 Å². The average molecular weight is 294 g/mol. The fourth-order valence-electron chi connectivity index (χ4n) is 2.29. The summed E-state index contributed by atoms with van der Waals surface area (Å²) in [5.41, 5.74) is 3.09. The molecule has 1 heterocycles. The highest BCUT2D eigenvalue weighted by molar-refractivity contribution is 6.17. The fraction of sp³-hybridized carbons (Fsp3) is 0.467. The first kappa shape index (κ1) is 14.9. The number of fused-ring (bicyclic) bond motifs is 1. The molecule has 0 spiro atoms. The second-order valence-corrected chi connectivity index (χ2v) is 5.28. The summed E-state index contributed by atoms with van der Waals surface area (Å²) in [6, 6.07) is 6.00.